The van der Waals surface area contributed by atoms with Gasteiger partial charge in [0.2, 0.25) is 0 Å². The quantitative estimate of drug-likeness (QED) is 0.395. The lowest BCUT2D eigenvalue weighted by atomic mass is 9.90. The topological polar surface area (TPSA) is 73.0 Å². The summed E-state index contributed by atoms with van der Waals surface area (Å²) < 4.78 is 0. The van der Waals surface area contributed by atoms with Gasteiger partial charge >= 0.3 is 0 Å². The minimum Gasteiger partial charge on any atom is -0.396 e. The van der Waals surface area contributed by atoms with Crippen LogP contribution in [-0.2, 0) is 0 Å². The molecule has 0 spiro atoms. The first kappa shape index (κ1) is 19.8. The van der Waals surface area contributed by atoms with Crippen LogP contribution in [0.1, 0.15) is 51.4 Å². The molecule has 4 N–H and O–H groups in total. The maximum atomic E-state index is 9.85. The molecule has 1 heterocycles. The Bertz CT molecular complexity index is 277. The molecule has 0 aliphatic carbocycles. The van der Waals surface area contributed by atoms with Crippen molar-refractivity contribution < 1.29 is 10.2 Å². The smallest absolute Gasteiger partial charge is 0.115 e. The van der Waals surface area contributed by atoms with Crippen LogP contribution in [0.4, 0.5) is 0 Å². The fraction of sp³-hybridized carbons (Fsp3) is 1.00. The molecular weight excluding hydrogens is 278 g/mol. The lowest BCUT2D eigenvalue weighted by Crippen LogP contribution is -2.40. The number of aliphatic hydroxyl groups is 2. The molecule has 0 aromatic carbocycles. The van der Waals surface area contributed by atoms with E-state index >= 15 is 0 Å². The van der Waals surface area contributed by atoms with Crippen molar-refractivity contribution in [1.82, 2.24) is 9.80 Å². The van der Waals surface area contributed by atoms with Crippen LogP contribution in [0.2, 0.25) is 0 Å². The Hall–Kier alpha value is -0.200. The van der Waals surface area contributed by atoms with E-state index in [0.717, 1.165) is 18.8 Å². The third kappa shape index (κ3) is 9.06. The van der Waals surface area contributed by atoms with Crippen molar-refractivity contribution in [2.75, 3.05) is 46.9 Å². The first-order chi connectivity index (χ1) is 10.4. The minimum atomic E-state index is -1.18. The van der Waals surface area contributed by atoms with Crippen LogP contribution in [0.25, 0.3) is 0 Å². The van der Waals surface area contributed by atoms with Gasteiger partial charge in [0.05, 0.1) is 0 Å². The van der Waals surface area contributed by atoms with E-state index in [1.807, 2.05) is 0 Å². The van der Waals surface area contributed by atoms with Crippen molar-refractivity contribution in [3.63, 3.8) is 0 Å². The summed E-state index contributed by atoms with van der Waals surface area (Å²) >= 11 is 0. The fourth-order valence-electron chi connectivity index (χ4n) is 3.28. The molecule has 0 bridgehead atoms. The zero-order valence-corrected chi connectivity index (χ0v) is 14.6. The molecule has 22 heavy (non-hydrogen) atoms. The summed E-state index contributed by atoms with van der Waals surface area (Å²) in [5, 5.41) is 18.7. The predicted molar refractivity (Wildman–Crippen MR) is 91.6 cm³/mol. The summed E-state index contributed by atoms with van der Waals surface area (Å²) in [5.74, 6) is 0.781. The molecule has 1 fully saturated rings. The minimum absolute atomic E-state index is 0.0424. The largest absolute Gasteiger partial charge is 0.396 e. The van der Waals surface area contributed by atoms with Gasteiger partial charge in [-0.05, 0) is 84.7 Å². The first-order valence-electron chi connectivity index (χ1n) is 8.92. The van der Waals surface area contributed by atoms with E-state index in [1.54, 1.807) is 0 Å². The number of hydrogen-bond acceptors (Lipinski definition) is 5. The molecule has 1 unspecified atom stereocenters. The Morgan fingerprint density at radius 1 is 1.14 bits per heavy atom. The van der Waals surface area contributed by atoms with E-state index in [9.17, 15) is 5.11 Å². The van der Waals surface area contributed by atoms with Gasteiger partial charge in [-0.15, -0.1) is 0 Å². The van der Waals surface area contributed by atoms with E-state index in [2.05, 4.69) is 23.9 Å². The Balaban J connectivity index is 2.05. The van der Waals surface area contributed by atoms with Crippen molar-refractivity contribution in [3.8, 4) is 0 Å². The normalized spacial score (nSPS) is 20.5. The second-order valence-electron chi connectivity index (χ2n) is 7.26. The van der Waals surface area contributed by atoms with Gasteiger partial charge in [0.15, 0.2) is 0 Å². The molecule has 0 radical (unpaired) electrons. The fourth-order valence-corrected chi connectivity index (χ4v) is 3.28. The molecule has 5 nitrogen and oxygen atoms in total. The molecule has 1 aliphatic rings. The van der Waals surface area contributed by atoms with Gasteiger partial charge in [0, 0.05) is 13.0 Å². The molecule has 0 amide bonds. The van der Waals surface area contributed by atoms with Gasteiger partial charge < -0.3 is 25.7 Å². The molecule has 1 rings (SSSR count). The Kier molecular flexibility index (Phi) is 9.52. The zero-order chi connectivity index (χ0) is 16.4. The van der Waals surface area contributed by atoms with Gasteiger partial charge in [-0.2, -0.15) is 0 Å². The highest BCUT2D eigenvalue weighted by Crippen LogP contribution is 2.24. The number of likely N-dealkylation sites (tertiary alicyclic amines) is 1. The maximum Gasteiger partial charge on any atom is 0.115 e. The van der Waals surface area contributed by atoms with Crippen molar-refractivity contribution in [2.24, 2.45) is 11.7 Å². The van der Waals surface area contributed by atoms with Gasteiger partial charge in [0.1, 0.15) is 5.72 Å². The highest BCUT2D eigenvalue weighted by atomic mass is 16.3. The van der Waals surface area contributed by atoms with E-state index in [-0.39, 0.29) is 13.0 Å². The summed E-state index contributed by atoms with van der Waals surface area (Å²) in [6.07, 6.45) is 8.11. The van der Waals surface area contributed by atoms with Crippen LogP contribution in [0.15, 0.2) is 0 Å². The number of nitrogens with zero attached hydrogens (tertiary/aromatic N) is 2. The van der Waals surface area contributed by atoms with Gasteiger partial charge in [-0.25, -0.2) is 0 Å². The lowest BCUT2D eigenvalue weighted by Gasteiger charge is -2.32. The number of rotatable bonds is 11. The monoisotopic (exact) mass is 315 g/mol. The molecule has 1 atom stereocenters. The molecule has 1 saturated heterocycles. The zero-order valence-electron chi connectivity index (χ0n) is 14.6. The SMILES string of the molecule is CN(C)CCCCN1CCC(CCCC(N)(O)CCO)CC1. The Labute approximate surface area is 136 Å². The molecular formula is C17H37N3O2. The maximum absolute atomic E-state index is 9.85. The molecule has 5 heteroatoms. The second kappa shape index (κ2) is 10.6. The molecule has 1 aliphatic heterocycles. The highest BCUT2D eigenvalue weighted by Gasteiger charge is 2.22. The Morgan fingerprint density at radius 2 is 1.82 bits per heavy atom. The number of piperidine rings is 1. The second-order valence-corrected chi connectivity index (χ2v) is 7.26. The summed E-state index contributed by atoms with van der Waals surface area (Å²) in [7, 11) is 4.27. The summed E-state index contributed by atoms with van der Waals surface area (Å²) in [6.45, 7) is 4.82. The first-order valence-corrected chi connectivity index (χ1v) is 8.92. The van der Waals surface area contributed by atoms with E-state index in [0.29, 0.717) is 6.42 Å². The van der Waals surface area contributed by atoms with Crippen molar-refractivity contribution in [3.05, 3.63) is 0 Å². The van der Waals surface area contributed by atoms with Gasteiger partial charge in [-0.3, -0.25) is 0 Å². The van der Waals surface area contributed by atoms with Crippen LogP contribution >= 0.6 is 0 Å². The standard InChI is InChI=1S/C17H37N3O2/c1-19(2)11-3-4-12-20-13-7-16(8-14-20)6-5-9-17(18,22)10-15-21/h16,21-22H,3-15,18H2,1-2H3. The average molecular weight is 316 g/mol. The van der Waals surface area contributed by atoms with Crippen molar-refractivity contribution >= 4 is 0 Å². The predicted octanol–water partition coefficient (Wildman–Crippen LogP) is 1.24. The number of unbranched alkanes of at least 4 members (excludes halogenated alkanes) is 1. The highest BCUT2D eigenvalue weighted by molar-refractivity contribution is 4.75. The molecule has 0 aromatic heterocycles. The van der Waals surface area contributed by atoms with Crippen LogP contribution in [-0.4, -0.2) is 72.6 Å². The van der Waals surface area contributed by atoms with E-state index in [4.69, 9.17) is 10.8 Å². The number of nitrogens with two attached hydrogens (primary N) is 1. The lowest BCUT2D eigenvalue weighted by molar-refractivity contribution is 0.01000. The van der Waals surface area contributed by atoms with Gasteiger partial charge in [-0.1, -0.05) is 6.42 Å². The number of aliphatic hydroxyl groups excluding tert-OH is 1. The van der Waals surface area contributed by atoms with Crippen molar-refractivity contribution in [1.29, 1.82) is 0 Å². The average Bonchev–Trinajstić information content (AvgIpc) is 2.44. The van der Waals surface area contributed by atoms with E-state index < -0.39 is 5.72 Å². The molecule has 0 aromatic rings. The summed E-state index contributed by atoms with van der Waals surface area (Å²) in [4.78, 5) is 4.85. The van der Waals surface area contributed by atoms with Crippen LogP contribution in [0.3, 0.4) is 0 Å². The van der Waals surface area contributed by atoms with Crippen LogP contribution < -0.4 is 5.73 Å². The molecule has 132 valence electrons. The van der Waals surface area contributed by atoms with Crippen molar-refractivity contribution in [2.45, 2.75) is 57.1 Å². The Morgan fingerprint density at radius 3 is 2.41 bits per heavy atom. The third-order valence-corrected chi connectivity index (χ3v) is 4.80. The summed E-state index contributed by atoms with van der Waals surface area (Å²) in [5.41, 5.74) is 4.56. The third-order valence-electron chi connectivity index (χ3n) is 4.80. The number of hydrogen-bond donors (Lipinski definition) is 3. The van der Waals surface area contributed by atoms with Crippen LogP contribution in [0.5, 0.6) is 0 Å². The van der Waals surface area contributed by atoms with Crippen LogP contribution in [0, 0.1) is 5.92 Å². The van der Waals surface area contributed by atoms with E-state index in [1.165, 1.54) is 51.9 Å². The summed E-state index contributed by atoms with van der Waals surface area (Å²) in [6, 6.07) is 0. The van der Waals surface area contributed by atoms with Gasteiger partial charge in [0.25, 0.3) is 0 Å². The molecule has 0 saturated carbocycles.